The van der Waals surface area contributed by atoms with Crippen LogP contribution in [0.2, 0.25) is 0 Å². The number of methoxy groups -OCH3 is 1. The Balaban J connectivity index is 1.63. The van der Waals surface area contributed by atoms with E-state index >= 15 is 0 Å². The van der Waals surface area contributed by atoms with E-state index in [0.29, 0.717) is 19.7 Å². The standard InChI is InChI=1S/C17H17N3O2S/c1-22-10-14-9-19(8-13-7-18-11-20(13)14)17(21)16-6-12-4-2-3-5-15(12)23-16/h2-7,11,14H,8-10H2,1H3. The van der Waals surface area contributed by atoms with Gasteiger partial charge in [0.1, 0.15) is 0 Å². The molecule has 1 aromatic carbocycles. The number of fused-ring (bicyclic) bond motifs is 2. The van der Waals surface area contributed by atoms with Crippen LogP contribution in [0.5, 0.6) is 0 Å². The summed E-state index contributed by atoms with van der Waals surface area (Å²) in [5.74, 6) is 0.0831. The Morgan fingerprint density at radius 3 is 3.13 bits per heavy atom. The molecule has 4 rings (SSSR count). The summed E-state index contributed by atoms with van der Waals surface area (Å²) in [6.07, 6.45) is 3.65. The molecule has 1 aliphatic heterocycles. The molecular weight excluding hydrogens is 310 g/mol. The number of hydrogen-bond donors (Lipinski definition) is 0. The Hall–Kier alpha value is -2.18. The normalized spacial score (nSPS) is 17.4. The van der Waals surface area contributed by atoms with Gasteiger partial charge in [0.15, 0.2) is 0 Å². The molecule has 0 saturated heterocycles. The van der Waals surface area contributed by atoms with Crippen molar-refractivity contribution in [2.45, 2.75) is 12.6 Å². The number of amides is 1. The van der Waals surface area contributed by atoms with Gasteiger partial charge in [-0.15, -0.1) is 11.3 Å². The largest absolute Gasteiger partial charge is 0.382 e. The fraction of sp³-hybridized carbons (Fsp3) is 0.294. The van der Waals surface area contributed by atoms with Gasteiger partial charge in [-0.3, -0.25) is 4.79 Å². The quantitative estimate of drug-likeness (QED) is 0.743. The smallest absolute Gasteiger partial charge is 0.264 e. The van der Waals surface area contributed by atoms with E-state index in [4.69, 9.17) is 4.74 Å². The number of imidazole rings is 1. The van der Waals surface area contributed by atoms with Crippen molar-refractivity contribution in [1.29, 1.82) is 0 Å². The van der Waals surface area contributed by atoms with Gasteiger partial charge in [-0.25, -0.2) is 4.98 Å². The SMILES string of the molecule is COCC1CN(C(=O)c2cc3ccccc3s2)Cc2cncn21. The van der Waals surface area contributed by atoms with Gasteiger partial charge in [0.2, 0.25) is 0 Å². The van der Waals surface area contributed by atoms with Crippen LogP contribution in [0.1, 0.15) is 21.4 Å². The molecule has 0 bridgehead atoms. The first-order valence-electron chi connectivity index (χ1n) is 7.54. The van der Waals surface area contributed by atoms with Crippen LogP contribution in [0, 0.1) is 0 Å². The van der Waals surface area contributed by atoms with Crippen LogP contribution in [0.4, 0.5) is 0 Å². The lowest BCUT2D eigenvalue weighted by Crippen LogP contribution is -2.41. The van der Waals surface area contributed by atoms with Gasteiger partial charge in [-0.1, -0.05) is 18.2 Å². The summed E-state index contributed by atoms with van der Waals surface area (Å²) in [4.78, 5) is 19.8. The Morgan fingerprint density at radius 2 is 2.30 bits per heavy atom. The third-order valence-corrected chi connectivity index (χ3v) is 5.31. The van der Waals surface area contributed by atoms with Gasteiger partial charge in [-0.05, 0) is 17.5 Å². The molecule has 1 unspecified atom stereocenters. The van der Waals surface area contributed by atoms with Crippen molar-refractivity contribution in [3.05, 3.63) is 53.4 Å². The number of nitrogens with zero attached hydrogens (tertiary/aromatic N) is 3. The summed E-state index contributed by atoms with van der Waals surface area (Å²) in [5, 5.41) is 1.12. The molecule has 0 aliphatic carbocycles. The van der Waals surface area contributed by atoms with Crippen LogP contribution in [0.15, 0.2) is 42.9 Å². The summed E-state index contributed by atoms with van der Waals surface area (Å²) in [7, 11) is 1.68. The van der Waals surface area contributed by atoms with Crippen molar-refractivity contribution < 1.29 is 9.53 Å². The van der Waals surface area contributed by atoms with Crippen LogP contribution in [-0.2, 0) is 11.3 Å². The zero-order chi connectivity index (χ0) is 15.8. The molecule has 5 nitrogen and oxygen atoms in total. The molecule has 3 aromatic rings. The molecule has 3 heterocycles. The molecule has 1 aliphatic rings. The minimum absolute atomic E-state index is 0.0831. The summed E-state index contributed by atoms with van der Waals surface area (Å²) in [5.41, 5.74) is 1.05. The van der Waals surface area contributed by atoms with Crippen LogP contribution >= 0.6 is 11.3 Å². The van der Waals surface area contributed by atoms with Crippen LogP contribution in [0.25, 0.3) is 10.1 Å². The molecule has 0 radical (unpaired) electrons. The summed E-state index contributed by atoms with van der Waals surface area (Å²) in [6.45, 7) is 1.80. The van der Waals surface area contributed by atoms with E-state index in [1.165, 1.54) is 0 Å². The lowest BCUT2D eigenvalue weighted by atomic mass is 10.2. The van der Waals surface area contributed by atoms with Crippen molar-refractivity contribution in [2.24, 2.45) is 0 Å². The molecule has 0 N–H and O–H groups in total. The molecule has 0 saturated carbocycles. The third kappa shape index (κ3) is 2.54. The highest BCUT2D eigenvalue weighted by Gasteiger charge is 2.29. The minimum Gasteiger partial charge on any atom is -0.382 e. The van der Waals surface area contributed by atoms with Gasteiger partial charge in [0.05, 0.1) is 36.1 Å². The Bertz CT molecular complexity index is 821. The van der Waals surface area contributed by atoms with Crippen molar-refractivity contribution in [1.82, 2.24) is 14.5 Å². The second-order valence-electron chi connectivity index (χ2n) is 5.74. The Labute approximate surface area is 138 Å². The van der Waals surface area contributed by atoms with Gasteiger partial charge in [0, 0.05) is 24.6 Å². The number of hydrogen-bond acceptors (Lipinski definition) is 4. The van der Waals surface area contributed by atoms with Crippen molar-refractivity contribution in [3.8, 4) is 0 Å². The van der Waals surface area contributed by atoms with E-state index < -0.39 is 0 Å². The highest BCUT2D eigenvalue weighted by molar-refractivity contribution is 7.20. The van der Waals surface area contributed by atoms with Gasteiger partial charge in [-0.2, -0.15) is 0 Å². The monoisotopic (exact) mass is 327 g/mol. The number of benzene rings is 1. The highest BCUT2D eigenvalue weighted by atomic mass is 32.1. The highest BCUT2D eigenvalue weighted by Crippen LogP contribution is 2.29. The summed E-state index contributed by atoms with van der Waals surface area (Å²) >= 11 is 1.55. The van der Waals surface area contributed by atoms with E-state index in [0.717, 1.165) is 20.7 Å². The van der Waals surface area contributed by atoms with Crippen molar-refractivity contribution in [3.63, 3.8) is 0 Å². The van der Waals surface area contributed by atoms with Crippen LogP contribution in [0.3, 0.4) is 0 Å². The van der Waals surface area contributed by atoms with E-state index in [9.17, 15) is 4.79 Å². The molecule has 1 atom stereocenters. The zero-order valence-electron chi connectivity index (χ0n) is 12.8. The maximum Gasteiger partial charge on any atom is 0.264 e. The maximum atomic E-state index is 12.9. The molecule has 0 spiro atoms. The number of carbonyl (C=O) groups excluding carboxylic acids is 1. The van der Waals surface area contributed by atoms with E-state index in [1.54, 1.807) is 18.4 Å². The number of ether oxygens (including phenoxy) is 1. The van der Waals surface area contributed by atoms with Gasteiger partial charge in [0.25, 0.3) is 5.91 Å². The lowest BCUT2D eigenvalue weighted by Gasteiger charge is -2.33. The summed E-state index contributed by atoms with van der Waals surface area (Å²) < 4.78 is 8.56. The van der Waals surface area contributed by atoms with Gasteiger partial charge >= 0.3 is 0 Å². The van der Waals surface area contributed by atoms with E-state index in [-0.39, 0.29) is 11.9 Å². The van der Waals surface area contributed by atoms with Crippen molar-refractivity contribution >= 4 is 27.3 Å². The molecule has 2 aromatic heterocycles. The lowest BCUT2D eigenvalue weighted by molar-refractivity contribution is 0.0604. The van der Waals surface area contributed by atoms with E-state index in [1.807, 2.05) is 41.7 Å². The minimum atomic E-state index is 0.0831. The van der Waals surface area contributed by atoms with Gasteiger partial charge < -0.3 is 14.2 Å². The zero-order valence-corrected chi connectivity index (χ0v) is 13.6. The number of thiophene rings is 1. The van der Waals surface area contributed by atoms with E-state index in [2.05, 4.69) is 15.6 Å². The fourth-order valence-corrected chi connectivity index (χ4v) is 4.14. The second kappa shape index (κ2) is 5.79. The number of aromatic nitrogens is 2. The Morgan fingerprint density at radius 1 is 1.43 bits per heavy atom. The third-order valence-electron chi connectivity index (χ3n) is 4.21. The number of carbonyl (C=O) groups is 1. The summed E-state index contributed by atoms with van der Waals surface area (Å²) in [6, 6.07) is 10.2. The Kier molecular flexibility index (Phi) is 3.63. The molecule has 0 fully saturated rings. The first-order chi connectivity index (χ1) is 11.3. The average Bonchev–Trinajstić information content (AvgIpc) is 3.20. The molecule has 118 valence electrons. The number of rotatable bonds is 3. The maximum absolute atomic E-state index is 12.9. The molecule has 1 amide bonds. The molecular formula is C17H17N3O2S. The first-order valence-corrected chi connectivity index (χ1v) is 8.35. The second-order valence-corrected chi connectivity index (χ2v) is 6.82. The fourth-order valence-electron chi connectivity index (χ4n) is 3.11. The van der Waals surface area contributed by atoms with Crippen LogP contribution in [-0.4, -0.2) is 40.6 Å². The molecule has 23 heavy (non-hydrogen) atoms. The molecule has 6 heteroatoms. The average molecular weight is 327 g/mol. The van der Waals surface area contributed by atoms with Crippen LogP contribution < -0.4 is 0 Å². The predicted octanol–water partition coefficient (Wildman–Crippen LogP) is 2.94. The van der Waals surface area contributed by atoms with Crippen molar-refractivity contribution in [2.75, 3.05) is 20.3 Å². The first kappa shape index (κ1) is 14.4. The topological polar surface area (TPSA) is 47.4 Å². The predicted molar refractivity (Wildman–Crippen MR) is 89.7 cm³/mol.